The second kappa shape index (κ2) is 11.4. The zero-order valence-electron chi connectivity index (χ0n) is 16.0. The summed E-state index contributed by atoms with van der Waals surface area (Å²) in [4.78, 5) is 20.4. The number of esters is 1. The van der Waals surface area contributed by atoms with Crippen LogP contribution in [0.1, 0.15) is 74.2 Å². The first-order valence-electron chi connectivity index (χ1n) is 9.74. The minimum atomic E-state index is -0.335. The number of ether oxygens (including phenoxy) is 1. The summed E-state index contributed by atoms with van der Waals surface area (Å²) in [5.41, 5.74) is 2.62. The molecule has 0 unspecified atom stereocenters. The van der Waals surface area contributed by atoms with Crippen molar-refractivity contribution in [1.29, 1.82) is 0 Å². The molecule has 4 nitrogen and oxygen atoms in total. The number of hydrogen-bond acceptors (Lipinski definition) is 4. The van der Waals surface area contributed by atoms with Crippen LogP contribution in [0.2, 0.25) is 0 Å². The second-order valence-corrected chi connectivity index (χ2v) is 6.71. The van der Waals surface area contributed by atoms with Crippen LogP contribution in [-0.4, -0.2) is 23.0 Å². The van der Waals surface area contributed by atoms with E-state index in [0.29, 0.717) is 11.4 Å². The molecule has 4 heteroatoms. The standard InChI is InChI=1S/C22H30N2O2/c1-3-4-5-6-7-8-9-10-11-18-16-23-21(24-17-18)19-12-14-20(15-13-19)22(25)26-2/h12-17H,3-11H2,1-2H3. The molecule has 0 amide bonds. The van der Waals surface area contributed by atoms with Gasteiger partial charge >= 0.3 is 5.97 Å². The zero-order chi connectivity index (χ0) is 18.6. The summed E-state index contributed by atoms with van der Waals surface area (Å²) in [6, 6.07) is 7.16. The topological polar surface area (TPSA) is 52.1 Å². The first-order valence-corrected chi connectivity index (χ1v) is 9.74. The predicted octanol–water partition coefficient (Wildman–Crippen LogP) is 5.61. The van der Waals surface area contributed by atoms with E-state index in [0.717, 1.165) is 12.0 Å². The lowest BCUT2D eigenvalue weighted by Crippen LogP contribution is -2.00. The second-order valence-electron chi connectivity index (χ2n) is 6.71. The Balaban J connectivity index is 1.75. The van der Waals surface area contributed by atoms with Crippen LogP contribution in [0.25, 0.3) is 11.4 Å². The number of methoxy groups -OCH3 is 1. The van der Waals surface area contributed by atoms with Gasteiger partial charge in [-0.3, -0.25) is 0 Å². The van der Waals surface area contributed by atoms with E-state index in [-0.39, 0.29) is 5.97 Å². The van der Waals surface area contributed by atoms with Gasteiger partial charge in [-0.2, -0.15) is 0 Å². The fourth-order valence-corrected chi connectivity index (χ4v) is 2.97. The molecule has 140 valence electrons. The molecule has 0 aliphatic rings. The highest BCUT2D eigenvalue weighted by molar-refractivity contribution is 5.89. The molecule has 1 aromatic carbocycles. The van der Waals surface area contributed by atoms with Gasteiger partial charge in [0.1, 0.15) is 0 Å². The fraction of sp³-hybridized carbons (Fsp3) is 0.500. The third kappa shape index (κ3) is 6.58. The van der Waals surface area contributed by atoms with Crippen molar-refractivity contribution in [3.8, 4) is 11.4 Å². The monoisotopic (exact) mass is 354 g/mol. The first kappa shape index (κ1) is 20.1. The molecule has 1 aromatic heterocycles. The highest BCUT2D eigenvalue weighted by Crippen LogP contribution is 2.17. The van der Waals surface area contributed by atoms with Gasteiger partial charge in [-0.15, -0.1) is 0 Å². The Bertz CT molecular complexity index is 651. The minimum absolute atomic E-state index is 0.335. The van der Waals surface area contributed by atoms with Crippen LogP contribution in [-0.2, 0) is 11.2 Å². The molecule has 2 aromatic rings. The number of hydrogen-bond donors (Lipinski definition) is 0. The summed E-state index contributed by atoms with van der Waals surface area (Å²) in [7, 11) is 1.38. The van der Waals surface area contributed by atoms with E-state index in [9.17, 15) is 4.79 Å². The van der Waals surface area contributed by atoms with Crippen molar-refractivity contribution >= 4 is 5.97 Å². The lowest BCUT2D eigenvalue weighted by Gasteiger charge is -2.05. The molecule has 0 bridgehead atoms. The molecular weight excluding hydrogens is 324 g/mol. The van der Waals surface area contributed by atoms with Gasteiger partial charge in [-0.1, -0.05) is 64.0 Å². The molecule has 0 aliphatic heterocycles. The SMILES string of the molecule is CCCCCCCCCCc1cnc(-c2ccc(C(=O)OC)cc2)nc1. The third-order valence-electron chi connectivity index (χ3n) is 4.59. The van der Waals surface area contributed by atoms with Crippen LogP contribution < -0.4 is 0 Å². The van der Waals surface area contributed by atoms with E-state index in [1.165, 1.54) is 64.0 Å². The van der Waals surface area contributed by atoms with Crippen LogP contribution in [0.15, 0.2) is 36.7 Å². The summed E-state index contributed by atoms with van der Waals surface area (Å²) in [6.45, 7) is 2.25. The van der Waals surface area contributed by atoms with Crippen LogP contribution in [0.3, 0.4) is 0 Å². The molecular formula is C22H30N2O2. The summed E-state index contributed by atoms with van der Waals surface area (Å²) in [5, 5.41) is 0. The number of aromatic nitrogens is 2. The zero-order valence-corrected chi connectivity index (χ0v) is 16.0. The van der Waals surface area contributed by atoms with Gasteiger partial charge < -0.3 is 4.74 Å². The van der Waals surface area contributed by atoms with Gasteiger partial charge in [0.05, 0.1) is 12.7 Å². The van der Waals surface area contributed by atoms with Gasteiger partial charge in [-0.05, 0) is 30.5 Å². The molecule has 0 fully saturated rings. The van der Waals surface area contributed by atoms with E-state index >= 15 is 0 Å². The summed E-state index contributed by atoms with van der Waals surface area (Å²) in [5.74, 6) is 0.347. The summed E-state index contributed by atoms with van der Waals surface area (Å²) >= 11 is 0. The Morgan fingerprint density at radius 3 is 2.04 bits per heavy atom. The molecule has 0 spiro atoms. The maximum Gasteiger partial charge on any atom is 0.337 e. The normalized spacial score (nSPS) is 10.7. The maximum atomic E-state index is 11.5. The lowest BCUT2D eigenvalue weighted by atomic mass is 10.1. The molecule has 0 radical (unpaired) electrons. The number of rotatable bonds is 11. The van der Waals surface area contributed by atoms with Gasteiger partial charge in [0.15, 0.2) is 5.82 Å². The number of carbonyl (C=O) groups excluding carboxylic acids is 1. The average molecular weight is 354 g/mol. The van der Waals surface area contributed by atoms with Crippen molar-refractivity contribution in [1.82, 2.24) is 9.97 Å². The Morgan fingerprint density at radius 2 is 1.46 bits per heavy atom. The Morgan fingerprint density at radius 1 is 0.885 bits per heavy atom. The summed E-state index contributed by atoms with van der Waals surface area (Å²) < 4.78 is 4.71. The van der Waals surface area contributed by atoms with Crippen LogP contribution in [0, 0.1) is 0 Å². The van der Waals surface area contributed by atoms with Gasteiger partial charge in [0.25, 0.3) is 0 Å². The Labute approximate surface area is 157 Å². The number of aryl methyl sites for hydroxylation is 1. The van der Waals surface area contributed by atoms with Crippen molar-refractivity contribution in [3.63, 3.8) is 0 Å². The number of nitrogens with zero attached hydrogens (tertiary/aromatic N) is 2. The van der Waals surface area contributed by atoms with Crippen LogP contribution >= 0.6 is 0 Å². The Hall–Kier alpha value is -2.23. The van der Waals surface area contributed by atoms with Crippen molar-refractivity contribution in [2.24, 2.45) is 0 Å². The van der Waals surface area contributed by atoms with E-state index in [2.05, 4.69) is 16.9 Å². The molecule has 0 aliphatic carbocycles. The molecule has 0 saturated carbocycles. The molecule has 0 saturated heterocycles. The summed E-state index contributed by atoms with van der Waals surface area (Å²) in [6.07, 6.45) is 15.5. The quantitative estimate of drug-likeness (QED) is 0.388. The van der Waals surface area contributed by atoms with E-state index < -0.39 is 0 Å². The van der Waals surface area contributed by atoms with Crippen molar-refractivity contribution in [2.45, 2.75) is 64.7 Å². The van der Waals surface area contributed by atoms with Crippen LogP contribution in [0.4, 0.5) is 0 Å². The molecule has 1 heterocycles. The van der Waals surface area contributed by atoms with Gasteiger partial charge in [0, 0.05) is 18.0 Å². The first-order chi connectivity index (χ1) is 12.7. The molecule has 2 rings (SSSR count). The molecule has 0 N–H and O–H groups in total. The number of carbonyl (C=O) groups is 1. The van der Waals surface area contributed by atoms with Gasteiger partial charge in [-0.25, -0.2) is 14.8 Å². The Kier molecular flexibility index (Phi) is 8.81. The highest BCUT2D eigenvalue weighted by atomic mass is 16.5. The van der Waals surface area contributed by atoms with E-state index in [1.54, 1.807) is 12.1 Å². The third-order valence-corrected chi connectivity index (χ3v) is 4.59. The number of unbranched alkanes of at least 4 members (excludes halogenated alkanes) is 7. The molecule has 26 heavy (non-hydrogen) atoms. The smallest absolute Gasteiger partial charge is 0.337 e. The largest absolute Gasteiger partial charge is 0.465 e. The van der Waals surface area contributed by atoms with Gasteiger partial charge in [0.2, 0.25) is 0 Å². The minimum Gasteiger partial charge on any atom is -0.465 e. The van der Waals surface area contributed by atoms with Crippen molar-refractivity contribution in [3.05, 3.63) is 47.8 Å². The number of benzene rings is 1. The van der Waals surface area contributed by atoms with Crippen molar-refractivity contribution < 1.29 is 9.53 Å². The predicted molar refractivity (Wildman–Crippen MR) is 105 cm³/mol. The van der Waals surface area contributed by atoms with E-state index in [1.807, 2.05) is 24.5 Å². The van der Waals surface area contributed by atoms with Crippen LogP contribution in [0.5, 0.6) is 0 Å². The lowest BCUT2D eigenvalue weighted by molar-refractivity contribution is 0.0601. The molecule has 0 atom stereocenters. The fourth-order valence-electron chi connectivity index (χ4n) is 2.97. The maximum absolute atomic E-state index is 11.5. The van der Waals surface area contributed by atoms with E-state index in [4.69, 9.17) is 4.74 Å². The van der Waals surface area contributed by atoms with Crippen molar-refractivity contribution in [2.75, 3.05) is 7.11 Å². The highest BCUT2D eigenvalue weighted by Gasteiger charge is 2.06. The average Bonchev–Trinajstić information content (AvgIpc) is 2.70.